The van der Waals surface area contributed by atoms with Crippen molar-refractivity contribution >= 4 is 38.8 Å². The third-order valence-corrected chi connectivity index (χ3v) is 10.1. The highest BCUT2D eigenvalue weighted by Gasteiger charge is 2.26. The Kier molecular flexibility index (Phi) is 7.25. The molecule has 9 heteroatoms. The molecule has 0 amide bonds. The second-order valence-electron chi connectivity index (χ2n) is 7.91. The molecule has 4 rings (SSSR count). The Morgan fingerprint density at radius 1 is 1.15 bits per heavy atom. The van der Waals surface area contributed by atoms with Crippen LogP contribution in [0.25, 0.3) is 11.1 Å². The van der Waals surface area contributed by atoms with Gasteiger partial charge in [0.2, 0.25) is 9.84 Å². The summed E-state index contributed by atoms with van der Waals surface area (Å²) >= 11 is 2.59. The average Bonchev–Trinajstić information content (AvgIpc) is 3.26. The maximum Gasteiger partial charge on any atom is 0.208 e. The van der Waals surface area contributed by atoms with Crippen LogP contribution in [0.15, 0.2) is 62.5 Å². The van der Waals surface area contributed by atoms with Gasteiger partial charge in [-0.25, -0.2) is 8.42 Å². The molecule has 1 fully saturated rings. The van der Waals surface area contributed by atoms with Crippen molar-refractivity contribution in [1.29, 1.82) is 5.41 Å². The number of aryl methyl sites for hydroxylation is 1. The van der Waals surface area contributed by atoms with E-state index in [0.717, 1.165) is 41.9 Å². The highest BCUT2D eigenvalue weighted by molar-refractivity contribution is 8.01. The molecule has 6 nitrogen and oxygen atoms in total. The molecule has 1 aliphatic rings. The molecule has 1 saturated heterocycles. The predicted molar refractivity (Wildman–Crippen MR) is 135 cm³/mol. The van der Waals surface area contributed by atoms with Crippen molar-refractivity contribution in [2.75, 3.05) is 32.6 Å². The van der Waals surface area contributed by atoms with Gasteiger partial charge in [-0.1, -0.05) is 30.3 Å². The van der Waals surface area contributed by atoms with Crippen molar-refractivity contribution in [3.63, 3.8) is 0 Å². The zero-order valence-electron chi connectivity index (χ0n) is 18.6. The summed E-state index contributed by atoms with van der Waals surface area (Å²) in [7, 11) is -3.78. The first-order chi connectivity index (χ1) is 15.8. The number of rotatable bonds is 7. The van der Waals surface area contributed by atoms with Crippen LogP contribution < -0.4 is 5.73 Å². The lowest BCUT2D eigenvalue weighted by molar-refractivity contribution is 0.0342. The lowest BCUT2D eigenvalue weighted by atomic mass is 9.95. The number of nitrogens with zero attached hydrogens (tertiary/aromatic N) is 1. The van der Waals surface area contributed by atoms with E-state index < -0.39 is 9.84 Å². The van der Waals surface area contributed by atoms with Gasteiger partial charge in [0.25, 0.3) is 0 Å². The lowest BCUT2D eigenvalue weighted by Crippen LogP contribution is -2.35. The van der Waals surface area contributed by atoms with Crippen LogP contribution in [0.4, 0.5) is 0 Å². The molecule has 0 spiro atoms. The minimum atomic E-state index is -3.78. The molecule has 0 unspecified atom stereocenters. The fraction of sp³-hybridized carbons (Fsp3) is 0.292. The Hall–Kier alpha value is -2.17. The molecule has 3 N–H and O–H groups in total. The van der Waals surface area contributed by atoms with Crippen LogP contribution in [0.1, 0.15) is 16.0 Å². The molecular weight excluding hydrogens is 474 g/mol. The van der Waals surface area contributed by atoms with E-state index in [1.54, 1.807) is 12.1 Å². The highest BCUT2D eigenvalue weighted by Crippen LogP contribution is 2.38. The number of thiophene rings is 1. The van der Waals surface area contributed by atoms with Gasteiger partial charge in [0.15, 0.2) is 0 Å². The second-order valence-corrected chi connectivity index (χ2v) is 12.0. The van der Waals surface area contributed by atoms with E-state index >= 15 is 0 Å². The van der Waals surface area contributed by atoms with Gasteiger partial charge in [-0.2, -0.15) is 0 Å². The Morgan fingerprint density at radius 3 is 2.55 bits per heavy atom. The Labute approximate surface area is 203 Å². The smallest absolute Gasteiger partial charge is 0.208 e. The van der Waals surface area contributed by atoms with E-state index in [-0.39, 0.29) is 15.6 Å². The molecule has 0 atom stereocenters. The van der Waals surface area contributed by atoms with E-state index in [0.29, 0.717) is 22.3 Å². The summed E-state index contributed by atoms with van der Waals surface area (Å²) in [4.78, 5) is 3.25. The van der Waals surface area contributed by atoms with Crippen LogP contribution >= 0.6 is 23.1 Å². The number of benzene rings is 2. The first-order valence-electron chi connectivity index (χ1n) is 10.6. The molecule has 2 heterocycles. The van der Waals surface area contributed by atoms with Crippen LogP contribution in [-0.2, 0) is 21.1 Å². The van der Waals surface area contributed by atoms with Crippen LogP contribution in [0.3, 0.4) is 0 Å². The van der Waals surface area contributed by atoms with Gasteiger partial charge in [0.1, 0.15) is 5.84 Å². The quantitative estimate of drug-likeness (QED) is 0.283. The highest BCUT2D eigenvalue weighted by atomic mass is 32.2. The fourth-order valence-electron chi connectivity index (χ4n) is 3.93. The Balaban J connectivity index is 1.82. The van der Waals surface area contributed by atoms with E-state index in [2.05, 4.69) is 4.90 Å². The van der Waals surface area contributed by atoms with Crippen molar-refractivity contribution in [3.05, 3.63) is 64.5 Å². The molecule has 174 valence electrons. The molecule has 0 saturated carbocycles. The second kappa shape index (κ2) is 9.99. The number of morpholine rings is 1. The number of ether oxygens (including phenoxy) is 1. The molecule has 1 aromatic heterocycles. The molecule has 1 aliphatic heterocycles. The van der Waals surface area contributed by atoms with Crippen LogP contribution in [-0.4, -0.2) is 51.7 Å². The normalized spacial score (nSPS) is 15.0. The number of amidine groups is 1. The first kappa shape index (κ1) is 24.0. The zero-order valence-corrected chi connectivity index (χ0v) is 21.1. The summed E-state index contributed by atoms with van der Waals surface area (Å²) < 4.78 is 33.5. The lowest BCUT2D eigenvalue weighted by Gasteiger charge is -2.27. The average molecular weight is 502 g/mol. The van der Waals surface area contributed by atoms with Gasteiger partial charge in [-0.15, -0.1) is 23.1 Å². The molecule has 33 heavy (non-hydrogen) atoms. The minimum Gasteiger partial charge on any atom is -0.383 e. The van der Waals surface area contributed by atoms with E-state index in [1.807, 2.05) is 43.5 Å². The Bertz CT molecular complexity index is 1280. The number of hydrogen-bond acceptors (Lipinski definition) is 7. The van der Waals surface area contributed by atoms with E-state index in [1.165, 1.54) is 29.2 Å². The molecule has 0 bridgehead atoms. The topological polar surface area (TPSA) is 96.5 Å². The fourth-order valence-corrected chi connectivity index (χ4v) is 7.82. The Morgan fingerprint density at radius 2 is 1.88 bits per heavy atom. The van der Waals surface area contributed by atoms with Gasteiger partial charge in [0, 0.05) is 19.6 Å². The summed E-state index contributed by atoms with van der Waals surface area (Å²) in [6.45, 7) is 5.90. The number of hydrogen-bond donors (Lipinski definition) is 2. The molecule has 2 aromatic carbocycles. The van der Waals surface area contributed by atoms with E-state index in [4.69, 9.17) is 15.9 Å². The summed E-state index contributed by atoms with van der Waals surface area (Å²) in [5.41, 5.74) is 9.76. The van der Waals surface area contributed by atoms with Crippen molar-refractivity contribution in [2.45, 2.75) is 27.5 Å². The van der Waals surface area contributed by atoms with Crippen molar-refractivity contribution in [3.8, 4) is 11.1 Å². The number of nitrogen functional groups attached to an aromatic ring is 1. The van der Waals surface area contributed by atoms with Crippen LogP contribution in [0.2, 0.25) is 0 Å². The molecule has 3 aromatic rings. The summed E-state index contributed by atoms with van der Waals surface area (Å²) in [6, 6.07) is 15.0. The first-order valence-corrected chi connectivity index (χ1v) is 14.1. The summed E-state index contributed by atoms with van der Waals surface area (Å²) in [6.07, 6.45) is 1.83. The van der Waals surface area contributed by atoms with Gasteiger partial charge in [-0.3, -0.25) is 10.3 Å². The third-order valence-electron chi connectivity index (χ3n) is 5.73. The molecular formula is C24H27N3O3S3. The number of nitrogens with one attached hydrogen (secondary N) is 1. The van der Waals surface area contributed by atoms with Gasteiger partial charge < -0.3 is 10.5 Å². The molecule has 0 aliphatic carbocycles. The predicted octanol–water partition coefficient (Wildman–Crippen LogP) is 4.39. The van der Waals surface area contributed by atoms with Gasteiger partial charge in [-0.05, 0) is 53.6 Å². The standard InChI is InChI=1S/C24H27N3O3S3/c1-16-5-3-4-6-19(16)20-13-18(8-7-17(20)15-27-9-11-30-12-10-27)33(28,29)22-14-21(23(25)26)32-24(22)31-2/h3-8,13-14H,9-12,15H2,1-2H3,(H3,25,26). The summed E-state index contributed by atoms with van der Waals surface area (Å²) in [5.74, 6) is -0.127. The summed E-state index contributed by atoms with van der Waals surface area (Å²) in [5, 5.41) is 7.72. The van der Waals surface area contributed by atoms with Crippen molar-refractivity contribution in [2.24, 2.45) is 5.73 Å². The number of sulfone groups is 1. The largest absolute Gasteiger partial charge is 0.383 e. The van der Waals surface area contributed by atoms with Gasteiger partial charge >= 0.3 is 0 Å². The van der Waals surface area contributed by atoms with E-state index in [9.17, 15) is 8.42 Å². The monoisotopic (exact) mass is 501 g/mol. The molecule has 0 radical (unpaired) electrons. The maximum atomic E-state index is 13.7. The zero-order chi connectivity index (χ0) is 23.6. The number of nitrogens with two attached hydrogens (primary N) is 1. The SMILES string of the molecule is CSc1sc(C(=N)N)cc1S(=O)(=O)c1ccc(CN2CCOCC2)c(-c2ccccc2C)c1. The maximum absolute atomic E-state index is 13.7. The van der Waals surface area contributed by atoms with Crippen LogP contribution in [0.5, 0.6) is 0 Å². The third kappa shape index (κ3) is 5.02. The van der Waals surface area contributed by atoms with Crippen LogP contribution in [0, 0.1) is 12.3 Å². The van der Waals surface area contributed by atoms with Crippen molar-refractivity contribution in [1.82, 2.24) is 4.90 Å². The minimum absolute atomic E-state index is 0.127. The van der Waals surface area contributed by atoms with Gasteiger partial charge in [0.05, 0.1) is 32.1 Å². The van der Waals surface area contributed by atoms with Crippen molar-refractivity contribution < 1.29 is 13.2 Å². The number of thioether (sulfide) groups is 1.